The van der Waals surface area contributed by atoms with Crippen molar-refractivity contribution in [3.8, 4) is 0 Å². The molecule has 0 aliphatic heterocycles. The summed E-state index contributed by atoms with van der Waals surface area (Å²) in [7, 11) is 0. The minimum atomic E-state index is -1.03. The maximum Gasteiger partial charge on any atom is 0.326 e. The molecule has 110 valence electrons. The molecule has 1 aromatic carbocycles. The van der Waals surface area contributed by atoms with E-state index in [-0.39, 0.29) is 0 Å². The van der Waals surface area contributed by atoms with Crippen molar-refractivity contribution < 1.29 is 14.7 Å². The number of hydrogen-bond acceptors (Lipinski definition) is 3. The molecule has 0 heterocycles. The highest BCUT2D eigenvalue weighted by molar-refractivity contribution is 9.10. The van der Waals surface area contributed by atoms with Crippen LogP contribution in [0.15, 0.2) is 22.7 Å². The molecule has 0 spiro atoms. The zero-order chi connectivity index (χ0) is 15.1. The second kappa shape index (κ2) is 8.16. The number of carboxylic acid groups (broad SMARTS) is 1. The van der Waals surface area contributed by atoms with Gasteiger partial charge in [0.15, 0.2) is 0 Å². The number of halogens is 1. The number of amides is 2. The van der Waals surface area contributed by atoms with Crippen molar-refractivity contribution in [1.29, 1.82) is 0 Å². The molecule has 7 heteroatoms. The Morgan fingerprint density at radius 2 is 2.15 bits per heavy atom. The molecule has 3 N–H and O–H groups in total. The number of urea groups is 1. The number of anilines is 1. The molecular formula is C13H17BrN2O3S. The highest BCUT2D eigenvalue weighted by atomic mass is 79.9. The van der Waals surface area contributed by atoms with E-state index in [1.807, 2.05) is 25.3 Å². The summed E-state index contributed by atoms with van der Waals surface area (Å²) in [6.45, 7) is 1.86. The van der Waals surface area contributed by atoms with Crippen LogP contribution in [0.3, 0.4) is 0 Å². The number of rotatable bonds is 6. The Kier molecular flexibility index (Phi) is 6.87. The van der Waals surface area contributed by atoms with Gasteiger partial charge in [-0.2, -0.15) is 11.8 Å². The monoisotopic (exact) mass is 360 g/mol. The van der Waals surface area contributed by atoms with E-state index in [9.17, 15) is 9.59 Å². The Morgan fingerprint density at radius 1 is 1.45 bits per heavy atom. The lowest BCUT2D eigenvalue weighted by Crippen LogP contribution is -2.43. The van der Waals surface area contributed by atoms with Crippen molar-refractivity contribution in [2.75, 3.05) is 17.3 Å². The van der Waals surface area contributed by atoms with Gasteiger partial charge in [0, 0.05) is 10.2 Å². The van der Waals surface area contributed by atoms with Gasteiger partial charge in [-0.05, 0) is 49.1 Å². The number of carbonyl (C=O) groups is 2. The van der Waals surface area contributed by atoms with Gasteiger partial charge in [-0.3, -0.25) is 0 Å². The average Bonchev–Trinajstić information content (AvgIpc) is 2.37. The largest absolute Gasteiger partial charge is 0.480 e. The molecule has 0 radical (unpaired) electrons. The van der Waals surface area contributed by atoms with Crippen LogP contribution in [0, 0.1) is 6.92 Å². The van der Waals surface area contributed by atoms with E-state index in [4.69, 9.17) is 5.11 Å². The fraction of sp³-hybridized carbons (Fsp3) is 0.385. The highest BCUT2D eigenvalue weighted by Gasteiger charge is 2.19. The van der Waals surface area contributed by atoms with Crippen LogP contribution in [0.4, 0.5) is 10.5 Å². The van der Waals surface area contributed by atoms with Gasteiger partial charge in [-0.1, -0.05) is 15.9 Å². The molecule has 5 nitrogen and oxygen atoms in total. The number of aliphatic carboxylic acids is 1. The molecule has 1 atom stereocenters. The van der Waals surface area contributed by atoms with Crippen molar-refractivity contribution in [3.05, 3.63) is 28.2 Å². The molecule has 0 fully saturated rings. The Labute approximate surface area is 130 Å². The molecule has 0 unspecified atom stereocenters. The predicted molar refractivity (Wildman–Crippen MR) is 85.5 cm³/mol. The Bertz CT molecular complexity index is 497. The fourth-order valence-corrected chi connectivity index (χ4v) is 2.52. The van der Waals surface area contributed by atoms with Crippen molar-refractivity contribution in [2.45, 2.75) is 19.4 Å². The fourth-order valence-electron chi connectivity index (χ4n) is 1.58. The summed E-state index contributed by atoms with van der Waals surface area (Å²) in [6.07, 6.45) is 2.29. The van der Waals surface area contributed by atoms with Gasteiger partial charge < -0.3 is 15.7 Å². The number of aryl methyl sites for hydroxylation is 1. The number of hydrogen-bond donors (Lipinski definition) is 3. The molecule has 0 aliphatic rings. The lowest BCUT2D eigenvalue weighted by molar-refractivity contribution is -0.139. The second-order valence-corrected chi connectivity index (χ2v) is 6.13. The van der Waals surface area contributed by atoms with Crippen molar-refractivity contribution >= 4 is 45.4 Å². The first-order valence-electron chi connectivity index (χ1n) is 5.99. The first-order chi connectivity index (χ1) is 9.43. The number of carbonyl (C=O) groups excluding carboxylic acids is 1. The normalized spacial score (nSPS) is 11.8. The quantitative estimate of drug-likeness (QED) is 0.728. The summed E-state index contributed by atoms with van der Waals surface area (Å²) < 4.78 is 0.921. The number of carboxylic acids is 1. The van der Waals surface area contributed by atoms with Gasteiger partial charge in [0.25, 0.3) is 0 Å². The first kappa shape index (κ1) is 16.8. The van der Waals surface area contributed by atoms with E-state index in [0.717, 1.165) is 10.0 Å². The SMILES string of the molecule is CSCC[C@H](NC(=O)Nc1ccc(Br)cc1C)C(=O)O. The van der Waals surface area contributed by atoms with Crippen molar-refractivity contribution in [3.63, 3.8) is 0 Å². The standard InChI is InChI=1S/C13H17BrN2O3S/c1-8-7-9(14)3-4-10(8)15-13(19)16-11(12(17)18)5-6-20-2/h3-4,7,11H,5-6H2,1-2H3,(H,17,18)(H2,15,16,19)/t11-/m0/s1. The summed E-state index contributed by atoms with van der Waals surface area (Å²) in [4.78, 5) is 22.9. The Hall–Kier alpha value is -1.21. The van der Waals surface area contributed by atoms with E-state index in [1.54, 1.807) is 17.8 Å². The minimum absolute atomic E-state index is 0.392. The minimum Gasteiger partial charge on any atom is -0.480 e. The number of nitrogens with one attached hydrogen (secondary N) is 2. The van der Waals surface area contributed by atoms with Gasteiger partial charge in [-0.25, -0.2) is 9.59 Å². The molecule has 20 heavy (non-hydrogen) atoms. The molecule has 0 aromatic heterocycles. The third-order valence-corrected chi connectivity index (χ3v) is 3.79. The Balaban J connectivity index is 2.63. The summed E-state index contributed by atoms with van der Waals surface area (Å²) in [5.74, 6) is -0.351. The topological polar surface area (TPSA) is 78.4 Å². The molecule has 0 aliphatic carbocycles. The molecular weight excluding hydrogens is 344 g/mol. The summed E-state index contributed by atoms with van der Waals surface area (Å²) in [5.41, 5.74) is 1.55. The van der Waals surface area contributed by atoms with Crippen LogP contribution in [0.2, 0.25) is 0 Å². The molecule has 0 bridgehead atoms. The summed E-state index contributed by atoms with van der Waals surface area (Å²) in [5, 5.41) is 14.2. The zero-order valence-corrected chi connectivity index (χ0v) is 13.7. The van der Waals surface area contributed by atoms with Crippen LogP contribution in [-0.2, 0) is 4.79 Å². The molecule has 1 rings (SSSR count). The van der Waals surface area contributed by atoms with Crippen LogP contribution in [0.25, 0.3) is 0 Å². The summed E-state index contributed by atoms with van der Waals surface area (Å²) >= 11 is 4.88. The number of benzene rings is 1. The van der Waals surface area contributed by atoms with E-state index >= 15 is 0 Å². The van der Waals surface area contributed by atoms with E-state index in [0.29, 0.717) is 17.9 Å². The third-order valence-electron chi connectivity index (χ3n) is 2.65. The lowest BCUT2D eigenvalue weighted by atomic mass is 10.2. The van der Waals surface area contributed by atoms with E-state index in [1.165, 1.54) is 0 Å². The van der Waals surface area contributed by atoms with Crippen LogP contribution in [0.1, 0.15) is 12.0 Å². The maximum atomic E-state index is 11.8. The van der Waals surface area contributed by atoms with Crippen LogP contribution in [-0.4, -0.2) is 35.2 Å². The van der Waals surface area contributed by atoms with Gasteiger partial charge in [-0.15, -0.1) is 0 Å². The Morgan fingerprint density at radius 3 is 2.70 bits per heavy atom. The average molecular weight is 361 g/mol. The van der Waals surface area contributed by atoms with Gasteiger partial charge in [0.2, 0.25) is 0 Å². The van der Waals surface area contributed by atoms with Gasteiger partial charge >= 0.3 is 12.0 Å². The molecule has 1 aromatic rings. The lowest BCUT2D eigenvalue weighted by Gasteiger charge is -2.15. The maximum absolute atomic E-state index is 11.8. The van der Waals surface area contributed by atoms with Gasteiger partial charge in [0.1, 0.15) is 6.04 Å². The first-order valence-corrected chi connectivity index (χ1v) is 8.18. The van der Waals surface area contributed by atoms with E-state index < -0.39 is 18.0 Å². The zero-order valence-electron chi connectivity index (χ0n) is 11.3. The predicted octanol–water partition coefficient (Wildman–Crippen LogP) is 3.09. The smallest absolute Gasteiger partial charge is 0.326 e. The van der Waals surface area contributed by atoms with Crippen molar-refractivity contribution in [2.24, 2.45) is 0 Å². The third kappa shape index (κ3) is 5.42. The highest BCUT2D eigenvalue weighted by Crippen LogP contribution is 2.19. The second-order valence-electron chi connectivity index (χ2n) is 4.23. The van der Waals surface area contributed by atoms with Crippen molar-refractivity contribution in [1.82, 2.24) is 5.32 Å². The molecule has 2 amide bonds. The van der Waals surface area contributed by atoms with Crippen LogP contribution < -0.4 is 10.6 Å². The van der Waals surface area contributed by atoms with E-state index in [2.05, 4.69) is 26.6 Å². The van der Waals surface area contributed by atoms with Gasteiger partial charge in [0.05, 0.1) is 0 Å². The van der Waals surface area contributed by atoms with Crippen LogP contribution in [0.5, 0.6) is 0 Å². The molecule has 0 saturated carbocycles. The molecule has 0 saturated heterocycles. The van der Waals surface area contributed by atoms with Crippen LogP contribution >= 0.6 is 27.7 Å². The summed E-state index contributed by atoms with van der Waals surface area (Å²) in [6, 6.07) is 4.06. The number of thioether (sulfide) groups is 1.